The molecule has 0 bridgehead atoms. The number of rotatable bonds is 4. The molecule has 6 nitrogen and oxygen atoms in total. The molecule has 4 aromatic rings. The monoisotopic (exact) mass is 406 g/mol. The molecule has 0 aliphatic carbocycles. The molecular weight excluding hydrogens is 386 g/mol. The molecule has 0 saturated heterocycles. The Labute approximate surface area is 171 Å². The minimum Gasteiger partial charge on any atom is -0.383 e. The minimum atomic E-state index is -0.443. The lowest BCUT2D eigenvalue weighted by molar-refractivity contribution is 0.506. The fraction of sp³-hybridized carbons (Fsp3) is 0.227. The van der Waals surface area contributed by atoms with Gasteiger partial charge in [-0.1, -0.05) is 0 Å². The number of H-pyrrole nitrogens is 1. The molecule has 30 heavy (non-hydrogen) atoms. The van der Waals surface area contributed by atoms with E-state index in [2.05, 4.69) is 25.3 Å². The van der Waals surface area contributed by atoms with Gasteiger partial charge >= 0.3 is 0 Å². The number of fused-ring (bicyclic) bond motifs is 2. The molecule has 1 unspecified atom stereocenters. The number of aromatic nitrogens is 4. The van der Waals surface area contributed by atoms with Crippen LogP contribution in [0.25, 0.3) is 22.3 Å². The summed E-state index contributed by atoms with van der Waals surface area (Å²) in [5.41, 5.74) is 10.5. The number of aryl methyl sites for hydroxylation is 1. The Hall–Kier alpha value is -3.39. The predicted octanol–water partition coefficient (Wildman–Crippen LogP) is 3.70. The molecule has 3 aromatic heterocycles. The van der Waals surface area contributed by atoms with E-state index >= 15 is 0 Å². The van der Waals surface area contributed by atoms with Crippen molar-refractivity contribution in [2.45, 2.75) is 25.3 Å². The van der Waals surface area contributed by atoms with E-state index in [1.807, 2.05) is 6.20 Å². The summed E-state index contributed by atoms with van der Waals surface area (Å²) in [6, 6.07) is 6.14. The van der Waals surface area contributed by atoms with Crippen LogP contribution in [-0.4, -0.2) is 26.5 Å². The molecule has 1 aliphatic heterocycles. The Kier molecular flexibility index (Phi) is 4.63. The average Bonchev–Trinajstić information content (AvgIpc) is 3.14. The van der Waals surface area contributed by atoms with E-state index in [1.54, 1.807) is 6.07 Å². The smallest absolute Gasteiger partial charge is 0.163 e. The van der Waals surface area contributed by atoms with E-state index < -0.39 is 5.82 Å². The summed E-state index contributed by atoms with van der Waals surface area (Å²) in [5, 5.41) is 4.42. The molecule has 152 valence electrons. The number of nitrogen functional groups attached to an aromatic ring is 1. The second kappa shape index (κ2) is 7.46. The van der Waals surface area contributed by atoms with Crippen LogP contribution in [0, 0.1) is 11.6 Å². The van der Waals surface area contributed by atoms with E-state index in [4.69, 9.17) is 5.73 Å². The van der Waals surface area contributed by atoms with Crippen molar-refractivity contribution in [3.8, 4) is 11.4 Å². The molecule has 4 N–H and O–H groups in total. The van der Waals surface area contributed by atoms with Crippen molar-refractivity contribution < 1.29 is 8.78 Å². The molecule has 0 spiro atoms. The largest absolute Gasteiger partial charge is 0.383 e. The maximum absolute atomic E-state index is 13.5. The van der Waals surface area contributed by atoms with Crippen LogP contribution >= 0.6 is 0 Å². The van der Waals surface area contributed by atoms with Gasteiger partial charge in [-0.15, -0.1) is 0 Å². The first-order valence-corrected chi connectivity index (χ1v) is 9.82. The Morgan fingerprint density at radius 3 is 2.87 bits per heavy atom. The third kappa shape index (κ3) is 3.39. The first-order chi connectivity index (χ1) is 14.6. The molecule has 0 amide bonds. The third-order valence-corrected chi connectivity index (χ3v) is 5.60. The fourth-order valence-electron chi connectivity index (χ4n) is 4.19. The number of halogens is 2. The van der Waals surface area contributed by atoms with Crippen molar-refractivity contribution in [1.29, 1.82) is 0 Å². The zero-order valence-corrected chi connectivity index (χ0v) is 16.1. The van der Waals surface area contributed by atoms with Crippen LogP contribution in [-0.2, 0) is 13.0 Å². The van der Waals surface area contributed by atoms with E-state index in [0.717, 1.165) is 53.3 Å². The molecule has 0 saturated carbocycles. The Balaban J connectivity index is 1.42. The van der Waals surface area contributed by atoms with Gasteiger partial charge in [0.15, 0.2) is 5.82 Å². The van der Waals surface area contributed by atoms with Gasteiger partial charge in [0.25, 0.3) is 0 Å². The summed E-state index contributed by atoms with van der Waals surface area (Å²) in [6.45, 7) is 1.36. The Morgan fingerprint density at radius 2 is 2.00 bits per heavy atom. The topological polar surface area (TPSA) is 92.5 Å². The number of hydrogen-bond donors (Lipinski definition) is 3. The Bertz CT molecular complexity index is 1240. The van der Waals surface area contributed by atoms with E-state index in [1.165, 1.54) is 24.4 Å². The highest BCUT2D eigenvalue weighted by molar-refractivity contribution is 5.83. The molecule has 1 aliphatic rings. The van der Waals surface area contributed by atoms with Crippen molar-refractivity contribution in [3.63, 3.8) is 0 Å². The lowest BCUT2D eigenvalue weighted by Crippen LogP contribution is -2.31. The molecule has 0 radical (unpaired) electrons. The SMILES string of the molecule is Nc1nc(-c2cncc(F)c2)nc2c1C(CCc1c[nH]c3cc(F)ccc13)CNC2. The van der Waals surface area contributed by atoms with Gasteiger partial charge in [0.1, 0.15) is 17.5 Å². The van der Waals surface area contributed by atoms with Crippen molar-refractivity contribution >= 4 is 16.7 Å². The number of anilines is 1. The Morgan fingerprint density at radius 1 is 1.10 bits per heavy atom. The molecular formula is C22H20F2N6. The standard InChI is InChI=1S/C22H20F2N6/c23-15-3-4-17-12(9-28-18(17)6-15)1-2-13-7-27-11-19-20(13)21(25)30-22(29-19)14-5-16(24)10-26-8-14/h3-6,8-10,13,27-28H,1-2,7,11H2,(H2,25,29,30). The van der Waals surface area contributed by atoms with Gasteiger partial charge in [-0.05, 0) is 42.7 Å². The number of aromatic amines is 1. The van der Waals surface area contributed by atoms with Crippen molar-refractivity contribution in [2.75, 3.05) is 12.3 Å². The van der Waals surface area contributed by atoms with E-state index in [9.17, 15) is 8.78 Å². The molecule has 0 fully saturated rings. The summed E-state index contributed by atoms with van der Waals surface area (Å²) in [4.78, 5) is 16.1. The van der Waals surface area contributed by atoms with Crippen molar-refractivity contribution in [2.24, 2.45) is 0 Å². The van der Waals surface area contributed by atoms with Crippen LogP contribution in [0.15, 0.2) is 42.9 Å². The molecule has 8 heteroatoms. The first-order valence-electron chi connectivity index (χ1n) is 9.82. The number of nitrogens with two attached hydrogens (primary N) is 1. The fourth-order valence-corrected chi connectivity index (χ4v) is 4.19. The number of benzene rings is 1. The predicted molar refractivity (Wildman–Crippen MR) is 111 cm³/mol. The number of nitrogens with one attached hydrogen (secondary N) is 2. The number of nitrogens with zero attached hydrogens (tertiary/aromatic N) is 3. The average molecular weight is 406 g/mol. The van der Waals surface area contributed by atoms with Crippen LogP contribution in [0.3, 0.4) is 0 Å². The highest BCUT2D eigenvalue weighted by Crippen LogP contribution is 2.33. The third-order valence-electron chi connectivity index (χ3n) is 5.60. The van der Waals surface area contributed by atoms with Gasteiger partial charge in [0.05, 0.1) is 11.9 Å². The summed E-state index contributed by atoms with van der Waals surface area (Å²) in [7, 11) is 0. The quantitative estimate of drug-likeness (QED) is 0.481. The van der Waals surface area contributed by atoms with Gasteiger partial charge in [0, 0.05) is 53.4 Å². The van der Waals surface area contributed by atoms with Gasteiger partial charge < -0.3 is 16.0 Å². The molecule has 1 aromatic carbocycles. The second-order valence-corrected chi connectivity index (χ2v) is 7.55. The van der Waals surface area contributed by atoms with Crippen molar-refractivity contribution in [1.82, 2.24) is 25.3 Å². The van der Waals surface area contributed by atoms with Gasteiger partial charge in [-0.2, -0.15) is 0 Å². The van der Waals surface area contributed by atoms with Crippen LogP contribution < -0.4 is 11.1 Å². The van der Waals surface area contributed by atoms with Gasteiger partial charge in [0.2, 0.25) is 0 Å². The lowest BCUT2D eigenvalue weighted by Gasteiger charge is -2.27. The maximum atomic E-state index is 13.5. The van der Waals surface area contributed by atoms with Crippen molar-refractivity contribution in [3.05, 3.63) is 71.3 Å². The lowest BCUT2D eigenvalue weighted by atomic mass is 9.88. The van der Waals surface area contributed by atoms with E-state index in [0.29, 0.717) is 23.8 Å². The van der Waals surface area contributed by atoms with Crippen LogP contribution in [0.1, 0.15) is 29.2 Å². The highest BCUT2D eigenvalue weighted by Gasteiger charge is 2.26. The zero-order chi connectivity index (χ0) is 20.7. The van der Waals surface area contributed by atoms with Crippen LogP contribution in [0.5, 0.6) is 0 Å². The number of hydrogen-bond acceptors (Lipinski definition) is 5. The van der Waals surface area contributed by atoms with Gasteiger partial charge in [-0.3, -0.25) is 4.98 Å². The van der Waals surface area contributed by atoms with Crippen LogP contribution in [0.4, 0.5) is 14.6 Å². The highest BCUT2D eigenvalue weighted by atomic mass is 19.1. The second-order valence-electron chi connectivity index (χ2n) is 7.55. The zero-order valence-electron chi connectivity index (χ0n) is 16.1. The normalized spacial score (nSPS) is 16.0. The summed E-state index contributed by atoms with van der Waals surface area (Å²) in [6.07, 6.45) is 6.26. The van der Waals surface area contributed by atoms with Gasteiger partial charge in [-0.25, -0.2) is 18.7 Å². The molecule has 1 atom stereocenters. The summed E-state index contributed by atoms with van der Waals surface area (Å²) in [5.74, 6) is 0.252. The molecule has 5 rings (SSSR count). The summed E-state index contributed by atoms with van der Waals surface area (Å²) >= 11 is 0. The maximum Gasteiger partial charge on any atom is 0.163 e. The van der Waals surface area contributed by atoms with Crippen LogP contribution in [0.2, 0.25) is 0 Å². The number of pyridine rings is 1. The summed E-state index contributed by atoms with van der Waals surface area (Å²) < 4.78 is 27.0. The van der Waals surface area contributed by atoms with E-state index in [-0.39, 0.29) is 11.7 Å². The minimum absolute atomic E-state index is 0.152. The molecule has 4 heterocycles. The first kappa shape index (κ1) is 18.6.